The van der Waals surface area contributed by atoms with Gasteiger partial charge in [0.05, 0.1) is 24.6 Å². The van der Waals surface area contributed by atoms with E-state index < -0.39 is 0 Å². The van der Waals surface area contributed by atoms with Gasteiger partial charge in [-0.1, -0.05) is 30.3 Å². The number of pyridine rings is 1. The molecule has 1 amide bonds. The van der Waals surface area contributed by atoms with Crippen molar-refractivity contribution in [3.8, 4) is 0 Å². The van der Waals surface area contributed by atoms with E-state index in [4.69, 9.17) is 4.74 Å². The number of fused-ring (bicyclic) bond motifs is 1. The molecule has 0 aliphatic carbocycles. The van der Waals surface area contributed by atoms with Crippen LogP contribution in [0.25, 0.3) is 11.2 Å². The topological polar surface area (TPSA) is 81.1 Å². The molecule has 0 radical (unpaired) electrons. The first-order valence-electron chi connectivity index (χ1n) is 9.75. The monoisotopic (exact) mass is 379 g/mol. The smallest absolute Gasteiger partial charge is 0.252 e. The van der Waals surface area contributed by atoms with Gasteiger partial charge in [0.15, 0.2) is 5.65 Å². The van der Waals surface area contributed by atoms with E-state index >= 15 is 0 Å². The molecule has 0 spiro atoms. The second-order valence-corrected chi connectivity index (χ2v) is 6.98. The largest absolute Gasteiger partial charge is 0.376 e. The molecule has 0 saturated carbocycles. The Morgan fingerprint density at radius 2 is 2.18 bits per heavy atom. The van der Waals surface area contributed by atoms with E-state index in [1.165, 1.54) is 5.56 Å². The number of amides is 1. The summed E-state index contributed by atoms with van der Waals surface area (Å²) in [6, 6.07) is 12.1. The molecule has 1 saturated heterocycles. The van der Waals surface area contributed by atoms with Gasteiger partial charge in [-0.2, -0.15) is 0 Å². The molecule has 3 aromatic rings. The first-order valence-corrected chi connectivity index (χ1v) is 9.75. The maximum Gasteiger partial charge on any atom is 0.252 e. The summed E-state index contributed by atoms with van der Waals surface area (Å²) in [5.74, 6) is -0.128. The van der Waals surface area contributed by atoms with Gasteiger partial charge in [-0.25, -0.2) is 9.97 Å². The van der Waals surface area contributed by atoms with Crippen molar-refractivity contribution in [3.63, 3.8) is 0 Å². The SMILES string of the molecule is O=C(NCCC1CNCCO1)c1cnc2c(c1)ncn2CCc1ccccc1. The predicted octanol–water partition coefficient (Wildman–Crippen LogP) is 1.78. The zero-order chi connectivity index (χ0) is 19.2. The standard InChI is InChI=1S/C21H25N5O2/c27-21(23-8-6-18-14-22-9-11-28-18)17-12-19-20(24-13-17)26(15-25-19)10-7-16-4-2-1-3-5-16/h1-5,12-13,15,18,22H,6-11,14H2,(H,23,27). The third-order valence-electron chi connectivity index (χ3n) is 4.96. The van der Waals surface area contributed by atoms with Gasteiger partial charge in [0.1, 0.15) is 5.52 Å². The van der Waals surface area contributed by atoms with Crippen LogP contribution in [0.4, 0.5) is 0 Å². The average molecular weight is 379 g/mol. The summed E-state index contributed by atoms with van der Waals surface area (Å²) in [5.41, 5.74) is 3.34. The Hall–Kier alpha value is -2.77. The van der Waals surface area contributed by atoms with Crippen LogP contribution in [0.15, 0.2) is 48.9 Å². The van der Waals surface area contributed by atoms with Crippen molar-refractivity contribution in [2.45, 2.75) is 25.5 Å². The van der Waals surface area contributed by atoms with E-state index in [2.05, 4.69) is 32.7 Å². The Kier molecular flexibility index (Phi) is 5.94. The number of rotatable bonds is 7. The van der Waals surface area contributed by atoms with Crippen LogP contribution in [0.5, 0.6) is 0 Å². The van der Waals surface area contributed by atoms with Crippen molar-refractivity contribution in [1.82, 2.24) is 25.2 Å². The minimum absolute atomic E-state index is 0.128. The normalized spacial score (nSPS) is 16.9. The number of ether oxygens (including phenoxy) is 1. The van der Waals surface area contributed by atoms with Gasteiger partial charge in [0.2, 0.25) is 0 Å². The molecule has 7 heteroatoms. The molecule has 28 heavy (non-hydrogen) atoms. The van der Waals surface area contributed by atoms with Crippen LogP contribution in [0, 0.1) is 0 Å². The van der Waals surface area contributed by atoms with Crippen LogP contribution in [-0.4, -0.2) is 52.8 Å². The van der Waals surface area contributed by atoms with Crippen molar-refractivity contribution >= 4 is 17.1 Å². The molecule has 1 fully saturated rings. The summed E-state index contributed by atoms with van der Waals surface area (Å²) >= 11 is 0. The molecule has 0 bridgehead atoms. The van der Waals surface area contributed by atoms with E-state index in [-0.39, 0.29) is 12.0 Å². The maximum absolute atomic E-state index is 12.4. The summed E-state index contributed by atoms with van der Waals surface area (Å²) in [7, 11) is 0. The summed E-state index contributed by atoms with van der Waals surface area (Å²) in [5, 5.41) is 6.23. The Labute approximate surface area is 164 Å². The second kappa shape index (κ2) is 8.95. The highest BCUT2D eigenvalue weighted by Gasteiger charge is 2.14. The number of morpholine rings is 1. The van der Waals surface area contributed by atoms with Gasteiger partial charge in [-0.3, -0.25) is 4.79 Å². The first-order chi connectivity index (χ1) is 13.8. The molecular weight excluding hydrogens is 354 g/mol. The lowest BCUT2D eigenvalue weighted by Gasteiger charge is -2.23. The number of imidazole rings is 1. The summed E-state index contributed by atoms with van der Waals surface area (Å²) in [6.07, 6.45) is 5.28. The third-order valence-corrected chi connectivity index (χ3v) is 4.96. The molecule has 1 aliphatic rings. The minimum atomic E-state index is -0.128. The zero-order valence-corrected chi connectivity index (χ0v) is 15.8. The van der Waals surface area contributed by atoms with Crippen molar-refractivity contribution < 1.29 is 9.53 Å². The molecule has 146 valence electrons. The van der Waals surface area contributed by atoms with Gasteiger partial charge in [0, 0.05) is 32.4 Å². The van der Waals surface area contributed by atoms with E-state index in [0.717, 1.165) is 50.2 Å². The van der Waals surface area contributed by atoms with Gasteiger partial charge >= 0.3 is 0 Å². The number of carbonyl (C=O) groups excluding carboxylic acids is 1. The summed E-state index contributed by atoms with van der Waals surface area (Å²) in [6.45, 7) is 3.84. The molecule has 2 aromatic heterocycles. The Balaban J connectivity index is 1.34. The summed E-state index contributed by atoms with van der Waals surface area (Å²) in [4.78, 5) is 21.3. The number of hydrogen-bond acceptors (Lipinski definition) is 5. The van der Waals surface area contributed by atoms with Gasteiger partial charge in [-0.05, 0) is 24.5 Å². The number of benzene rings is 1. The predicted molar refractivity (Wildman–Crippen MR) is 107 cm³/mol. The number of nitrogens with one attached hydrogen (secondary N) is 2. The molecule has 2 N–H and O–H groups in total. The fraction of sp³-hybridized carbons (Fsp3) is 0.381. The fourth-order valence-electron chi connectivity index (χ4n) is 3.38. The maximum atomic E-state index is 12.4. The van der Waals surface area contributed by atoms with E-state index in [0.29, 0.717) is 12.1 Å². The highest BCUT2D eigenvalue weighted by atomic mass is 16.5. The van der Waals surface area contributed by atoms with Gasteiger partial charge < -0.3 is 19.9 Å². The highest BCUT2D eigenvalue weighted by molar-refractivity contribution is 5.96. The molecule has 1 aliphatic heterocycles. The van der Waals surface area contributed by atoms with Crippen molar-refractivity contribution in [2.24, 2.45) is 0 Å². The second-order valence-electron chi connectivity index (χ2n) is 6.98. The van der Waals surface area contributed by atoms with Crippen LogP contribution in [0.1, 0.15) is 22.3 Å². The van der Waals surface area contributed by atoms with Crippen LogP contribution in [0.3, 0.4) is 0 Å². The first kappa shape index (κ1) is 18.6. The molecule has 1 unspecified atom stereocenters. The minimum Gasteiger partial charge on any atom is -0.376 e. The lowest BCUT2D eigenvalue weighted by atomic mass is 10.1. The molecule has 1 atom stereocenters. The zero-order valence-electron chi connectivity index (χ0n) is 15.8. The number of carbonyl (C=O) groups is 1. The Bertz CT molecular complexity index is 919. The van der Waals surface area contributed by atoms with E-state index in [1.54, 1.807) is 18.6 Å². The Morgan fingerprint density at radius 1 is 1.29 bits per heavy atom. The van der Waals surface area contributed by atoms with Crippen LogP contribution in [0.2, 0.25) is 0 Å². The van der Waals surface area contributed by atoms with Crippen molar-refractivity contribution in [3.05, 3.63) is 60.0 Å². The molecule has 7 nitrogen and oxygen atoms in total. The van der Waals surface area contributed by atoms with Gasteiger partial charge in [0.25, 0.3) is 5.91 Å². The molecule has 3 heterocycles. The highest BCUT2D eigenvalue weighted by Crippen LogP contribution is 2.13. The molecule has 4 rings (SSSR count). The fourth-order valence-corrected chi connectivity index (χ4v) is 3.38. The van der Waals surface area contributed by atoms with Gasteiger partial charge in [-0.15, -0.1) is 0 Å². The average Bonchev–Trinajstić information content (AvgIpc) is 3.16. The van der Waals surface area contributed by atoms with Crippen LogP contribution in [-0.2, 0) is 17.7 Å². The molecular formula is C21H25N5O2. The summed E-state index contributed by atoms with van der Waals surface area (Å²) < 4.78 is 7.67. The Morgan fingerprint density at radius 3 is 3.00 bits per heavy atom. The lowest BCUT2D eigenvalue weighted by molar-refractivity contribution is 0.0239. The lowest BCUT2D eigenvalue weighted by Crippen LogP contribution is -2.40. The number of aryl methyl sites for hydroxylation is 2. The van der Waals surface area contributed by atoms with Crippen LogP contribution >= 0.6 is 0 Å². The van der Waals surface area contributed by atoms with Crippen molar-refractivity contribution in [1.29, 1.82) is 0 Å². The van der Waals surface area contributed by atoms with E-state index in [9.17, 15) is 4.79 Å². The van der Waals surface area contributed by atoms with Crippen molar-refractivity contribution in [2.75, 3.05) is 26.2 Å². The quantitative estimate of drug-likeness (QED) is 0.654. The molecule has 1 aromatic carbocycles. The number of nitrogens with zero attached hydrogens (tertiary/aromatic N) is 3. The number of hydrogen-bond donors (Lipinski definition) is 2. The number of aromatic nitrogens is 3. The third kappa shape index (κ3) is 4.55. The van der Waals surface area contributed by atoms with E-state index in [1.807, 2.05) is 22.8 Å². The van der Waals surface area contributed by atoms with Crippen LogP contribution < -0.4 is 10.6 Å².